The first-order valence-electron chi connectivity index (χ1n) is 6.77. The number of H-pyrrole nitrogens is 1. The van der Waals surface area contributed by atoms with E-state index in [0.29, 0.717) is 10.7 Å². The molecular weight excluding hydrogens is 322 g/mol. The first kappa shape index (κ1) is 15.5. The Labute approximate surface area is 134 Å². The zero-order valence-corrected chi connectivity index (χ0v) is 12.6. The molecule has 0 spiro atoms. The van der Waals surface area contributed by atoms with Crippen molar-refractivity contribution in [1.82, 2.24) is 9.97 Å². The lowest BCUT2D eigenvalue weighted by atomic mass is 10.1. The molecule has 0 aliphatic rings. The molecule has 4 nitrogen and oxygen atoms in total. The van der Waals surface area contributed by atoms with E-state index >= 15 is 0 Å². The fourth-order valence-electron chi connectivity index (χ4n) is 2.04. The number of alkyl halides is 2. The number of Topliss-reactive ketones (excluding diaryl/α,β-unsaturated/α-hetero) is 1. The summed E-state index contributed by atoms with van der Waals surface area (Å²) in [5.74, 6) is 0.120. The van der Waals surface area contributed by atoms with Crippen LogP contribution in [0.4, 0.5) is 8.78 Å². The van der Waals surface area contributed by atoms with Crippen LogP contribution in [0.1, 0.15) is 10.4 Å². The number of hydrogen-bond acceptors (Lipinski definition) is 4. The molecule has 2 aromatic carbocycles. The minimum absolute atomic E-state index is 0.0292. The van der Waals surface area contributed by atoms with E-state index in [9.17, 15) is 13.6 Å². The standard InChI is InChI=1S/C16H12F2N2O2S/c17-15(18)22-11-7-5-10(6-8-11)14(21)9-23-16-19-12-3-1-2-4-13(12)20-16/h1-8,15H,9H2,(H,19,20). The molecule has 0 atom stereocenters. The number of halogens is 2. The van der Waals surface area contributed by atoms with E-state index in [1.807, 2.05) is 24.3 Å². The zero-order chi connectivity index (χ0) is 16.2. The van der Waals surface area contributed by atoms with Gasteiger partial charge in [0.25, 0.3) is 0 Å². The summed E-state index contributed by atoms with van der Waals surface area (Å²) >= 11 is 1.30. The Morgan fingerprint density at radius 3 is 2.61 bits per heavy atom. The molecule has 23 heavy (non-hydrogen) atoms. The molecule has 1 heterocycles. The number of rotatable bonds is 6. The number of thioether (sulfide) groups is 1. The molecule has 0 saturated carbocycles. The fourth-order valence-corrected chi connectivity index (χ4v) is 2.82. The topological polar surface area (TPSA) is 55.0 Å². The smallest absolute Gasteiger partial charge is 0.387 e. The van der Waals surface area contributed by atoms with Crippen molar-refractivity contribution in [3.63, 3.8) is 0 Å². The van der Waals surface area contributed by atoms with E-state index in [4.69, 9.17) is 0 Å². The molecule has 0 saturated heterocycles. The summed E-state index contributed by atoms with van der Waals surface area (Å²) < 4.78 is 28.4. The molecule has 0 radical (unpaired) electrons. The highest BCUT2D eigenvalue weighted by molar-refractivity contribution is 7.99. The van der Waals surface area contributed by atoms with Crippen molar-refractivity contribution in [1.29, 1.82) is 0 Å². The molecule has 0 aliphatic carbocycles. The van der Waals surface area contributed by atoms with E-state index in [1.165, 1.54) is 36.0 Å². The number of ether oxygens (including phenoxy) is 1. The molecular formula is C16H12F2N2O2S. The van der Waals surface area contributed by atoms with Crippen LogP contribution in [-0.2, 0) is 0 Å². The van der Waals surface area contributed by atoms with Gasteiger partial charge in [-0.05, 0) is 36.4 Å². The van der Waals surface area contributed by atoms with Crippen molar-refractivity contribution < 1.29 is 18.3 Å². The number of imidazole rings is 1. The molecule has 0 amide bonds. The van der Waals surface area contributed by atoms with Crippen LogP contribution in [0.2, 0.25) is 0 Å². The van der Waals surface area contributed by atoms with Gasteiger partial charge in [-0.3, -0.25) is 4.79 Å². The van der Waals surface area contributed by atoms with Gasteiger partial charge in [0, 0.05) is 5.56 Å². The summed E-state index contributed by atoms with van der Waals surface area (Å²) in [5.41, 5.74) is 2.20. The Hall–Kier alpha value is -2.41. The van der Waals surface area contributed by atoms with E-state index in [1.54, 1.807) is 0 Å². The van der Waals surface area contributed by atoms with Gasteiger partial charge < -0.3 is 9.72 Å². The van der Waals surface area contributed by atoms with Crippen LogP contribution in [0, 0.1) is 0 Å². The SMILES string of the molecule is O=C(CSc1nc2ccccc2[nH]1)c1ccc(OC(F)F)cc1. The number of hydrogen-bond donors (Lipinski definition) is 1. The number of fused-ring (bicyclic) bond motifs is 1. The average molecular weight is 334 g/mol. The van der Waals surface area contributed by atoms with E-state index < -0.39 is 6.61 Å². The van der Waals surface area contributed by atoms with Crippen molar-refractivity contribution >= 4 is 28.6 Å². The normalized spacial score (nSPS) is 11.1. The van der Waals surface area contributed by atoms with Gasteiger partial charge in [0.1, 0.15) is 5.75 Å². The second-order valence-electron chi connectivity index (χ2n) is 4.67. The molecule has 7 heteroatoms. The number of nitrogens with zero attached hydrogens (tertiary/aromatic N) is 1. The number of benzene rings is 2. The predicted octanol–water partition coefficient (Wildman–Crippen LogP) is 4.14. The second kappa shape index (κ2) is 6.78. The van der Waals surface area contributed by atoms with Crippen molar-refractivity contribution in [3.05, 3.63) is 54.1 Å². The summed E-state index contributed by atoms with van der Waals surface area (Å²) in [7, 11) is 0. The van der Waals surface area contributed by atoms with Crippen molar-refractivity contribution in [2.24, 2.45) is 0 Å². The van der Waals surface area contributed by atoms with Crippen LogP contribution in [-0.4, -0.2) is 28.1 Å². The fraction of sp³-hybridized carbons (Fsp3) is 0.125. The molecule has 0 unspecified atom stereocenters. The zero-order valence-electron chi connectivity index (χ0n) is 11.8. The molecule has 1 aromatic heterocycles. The molecule has 118 valence electrons. The third-order valence-corrected chi connectivity index (χ3v) is 3.98. The van der Waals surface area contributed by atoms with Gasteiger partial charge >= 0.3 is 6.61 Å². The van der Waals surface area contributed by atoms with Gasteiger partial charge in [0.2, 0.25) is 0 Å². The maximum atomic E-state index is 12.1. The van der Waals surface area contributed by atoms with Gasteiger partial charge in [-0.15, -0.1) is 0 Å². The van der Waals surface area contributed by atoms with Crippen LogP contribution < -0.4 is 4.74 Å². The van der Waals surface area contributed by atoms with Gasteiger partial charge in [-0.25, -0.2) is 4.98 Å². The maximum Gasteiger partial charge on any atom is 0.387 e. The number of nitrogens with one attached hydrogen (secondary N) is 1. The van der Waals surface area contributed by atoms with E-state index in [2.05, 4.69) is 14.7 Å². The molecule has 0 bridgehead atoms. The third kappa shape index (κ3) is 3.87. The Bertz CT molecular complexity index is 785. The van der Waals surface area contributed by atoms with Gasteiger partial charge in [0.15, 0.2) is 10.9 Å². The summed E-state index contributed by atoms with van der Waals surface area (Å²) in [4.78, 5) is 19.6. The highest BCUT2D eigenvalue weighted by Gasteiger charge is 2.10. The largest absolute Gasteiger partial charge is 0.435 e. The lowest BCUT2D eigenvalue weighted by Crippen LogP contribution is -2.04. The number of carbonyl (C=O) groups is 1. The molecule has 3 aromatic rings. The quantitative estimate of drug-likeness (QED) is 0.544. The van der Waals surface area contributed by atoms with Crippen molar-refractivity contribution in [3.8, 4) is 5.75 Å². The van der Waals surface area contributed by atoms with Gasteiger partial charge in [-0.2, -0.15) is 8.78 Å². The predicted molar refractivity (Wildman–Crippen MR) is 84.2 cm³/mol. The highest BCUT2D eigenvalue weighted by Crippen LogP contribution is 2.21. The Balaban J connectivity index is 1.62. The lowest BCUT2D eigenvalue weighted by Gasteiger charge is -2.05. The highest BCUT2D eigenvalue weighted by atomic mass is 32.2. The summed E-state index contributed by atoms with van der Waals surface area (Å²) in [5, 5.41) is 0.664. The third-order valence-electron chi connectivity index (χ3n) is 3.11. The summed E-state index contributed by atoms with van der Waals surface area (Å²) in [6, 6.07) is 13.2. The number of aromatic nitrogens is 2. The Morgan fingerprint density at radius 2 is 1.91 bits per heavy atom. The van der Waals surface area contributed by atoms with Crippen LogP contribution in [0.15, 0.2) is 53.7 Å². The minimum atomic E-state index is -2.87. The number of aromatic amines is 1. The summed E-state index contributed by atoms with van der Waals surface area (Å²) in [6.07, 6.45) is 0. The van der Waals surface area contributed by atoms with Crippen LogP contribution in [0.3, 0.4) is 0 Å². The first-order chi connectivity index (χ1) is 11.1. The van der Waals surface area contributed by atoms with Crippen molar-refractivity contribution in [2.75, 3.05) is 5.75 Å². The maximum absolute atomic E-state index is 12.1. The van der Waals surface area contributed by atoms with Gasteiger partial charge in [0.05, 0.1) is 16.8 Å². The Morgan fingerprint density at radius 1 is 1.17 bits per heavy atom. The molecule has 3 rings (SSSR count). The molecule has 0 aliphatic heterocycles. The lowest BCUT2D eigenvalue weighted by molar-refractivity contribution is -0.0498. The number of para-hydroxylation sites is 2. The summed E-state index contributed by atoms with van der Waals surface area (Å²) in [6.45, 7) is -2.87. The number of ketones is 1. The Kier molecular flexibility index (Phi) is 4.57. The minimum Gasteiger partial charge on any atom is -0.435 e. The monoisotopic (exact) mass is 334 g/mol. The van der Waals surface area contributed by atoms with Gasteiger partial charge in [-0.1, -0.05) is 23.9 Å². The van der Waals surface area contributed by atoms with E-state index in [-0.39, 0.29) is 17.3 Å². The average Bonchev–Trinajstić information content (AvgIpc) is 2.95. The number of carbonyl (C=O) groups excluding carboxylic acids is 1. The first-order valence-corrected chi connectivity index (χ1v) is 7.76. The van der Waals surface area contributed by atoms with E-state index in [0.717, 1.165) is 11.0 Å². The van der Waals surface area contributed by atoms with Crippen molar-refractivity contribution in [2.45, 2.75) is 11.8 Å². The van der Waals surface area contributed by atoms with Crippen LogP contribution >= 0.6 is 11.8 Å². The van der Waals surface area contributed by atoms with Crippen LogP contribution in [0.5, 0.6) is 5.75 Å². The molecule has 1 N–H and O–H groups in total. The molecule has 0 fully saturated rings. The second-order valence-corrected chi connectivity index (χ2v) is 5.64. The van der Waals surface area contributed by atoms with Crippen LogP contribution in [0.25, 0.3) is 11.0 Å².